The normalized spacial score (nSPS) is 12.3. The Morgan fingerprint density at radius 2 is 0.653 bits per heavy atom. The average Bonchev–Trinajstić information content (AvgIpc) is 3.99. The lowest BCUT2D eigenvalue weighted by atomic mass is 9.84. The predicted octanol–water partition coefficient (Wildman–Crippen LogP) is 20.5. The average molecular weight is 929 g/mol. The molecule has 346 valence electrons. The maximum atomic E-state index is 6.95. The number of nitrogens with zero attached hydrogens (tertiary/aromatic N) is 2. The highest BCUT2D eigenvalue weighted by atomic mass is 16.3. The summed E-state index contributed by atoms with van der Waals surface area (Å²) < 4.78 is 13.9. The molecule has 4 nitrogen and oxygen atoms in total. The van der Waals surface area contributed by atoms with Crippen molar-refractivity contribution in [1.82, 2.24) is 0 Å². The van der Waals surface area contributed by atoms with Crippen LogP contribution in [0.2, 0.25) is 0 Å². The molecule has 72 heavy (non-hydrogen) atoms. The highest BCUT2D eigenvalue weighted by Crippen LogP contribution is 2.54. The van der Waals surface area contributed by atoms with Crippen molar-refractivity contribution >= 4 is 132 Å². The molecule has 0 aliphatic rings. The maximum absolute atomic E-state index is 6.95. The second kappa shape index (κ2) is 16.0. The predicted molar refractivity (Wildman–Crippen MR) is 307 cm³/mol. The molecule has 12 aromatic carbocycles. The highest BCUT2D eigenvalue weighted by molar-refractivity contribution is 6.30. The van der Waals surface area contributed by atoms with Crippen LogP contribution >= 0.6 is 0 Å². The highest BCUT2D eigenvalue weighted by Gasteiger charge is 2.30. The Kier molecular flexibility index (Phi) is 9.38. The smallest absolute Gasteiger partial charge is 0.159 e. The van der Waals surface area contributed by atoms with E-state index in [0.29, 0.717) is 0 Å². The quantitative estimate of drug-likeness (QED) is 0.142. The third-order valence-corrected chi connectivity index (χ3v) is 15.6. The molecule has 2 heterocycles. The largest absolute Gasteiger partial charge is 0.454 e. The number of fused-ring (bicyclic) bond motifs is 8. The number of para-hydroxylation sites is 4. The first-order valence-corrected chi connectivity index (χ1v) is 25.4. The van der Waals surface area contributed by atoms with Crippen LogP contribution in [0, 0.1) is 13.8 Å². The number of anilines is 6. The molecule has 0 atom stereocenters. The first-order chi connectivity index (χ1) is 35.2. The maximum Gasteiger partial charge on any atom is 0.159 e. The first-order valence-electron chi connectivity index (χ1n) is 25.4. The van der Waals surface area contributed by atoms with E-state index >= 15 is 0 Å². The van der Waals surface area contributed by atoms with Gasteiger partial charge in [-0.2, -0.15) is 0 Å². The Morgan fingerprint density at radius 1 is 0.292 bits per heavy atom. The number of hydrogen-bond donors (Lipinski definition) is 0. The minimum atomic E-state index is 0.220. The third-order valence-electron chi connectivity index (χ3n) is 15.6. The molecule has 14 aromatic rings. The van der Waals surface area contributed by atoms with Crippen molar-refractivity contribution in [3.05, 3.63) is 216 Å². The van der Waals surface area contributed by atoms with Gasteiger partial charge in [0.05, 0.1) is 34.1 Å². The summed E-state index contributed by atoms with van der Waals surface area (Å²) in [6.07, 6.45) is 0. The number of furan rings is 2. The topological polar surface area (TPSA) is 32.8 Å². The van der Waals surface area contributed by atoms with Crippen molar-refractivity contribution in [3.8, 4) is 0 Å². The molecular weight excluding hydrogens is 877 g/mol. The Balaban J connectivity index is 1.14. The zero-order valence-electron chi connectivity index (χ0n) is 41.3. The number of aryl methyl sites for hydroxylation is 2. The summed E-state index contributed by atoms with van der Waals surface area (Å²) in [6.45, 7) is 13.8. The van der Waals surface area contributed by atoms with Crippen molar-refractivity contribution in [3.63, 3.8) is 0 Å². The molecule has 0 spiro atoms. The molecule has 0 bridgehead atoms. The van der Waals surface area contributed by atoms with Gasteiger partial charge in [0.1, 0.15) is 11.2 Å². The molecular formula is C68H52N2O2. The van der Waals surface area contributed by atoms with Gasteiger partial charge in [0, 0.05) is 43.1 Å². The summed E-state index contributed by atoms with van der Waals surface area (Å²) in [5.74, 6) is 0.439. The number of hydrogen-bond acceptors (Lipinski definition) is 4. The second-order valence-corrected chi connectivity index (χ2v) is 20.4. The molecule has 0 fully saturated rings. The fourth-order valence-electron chi connectivity index (χ4n) is 12.2. The van der Waals surface area contributed by atoms with Crippen LogP contribution in [0.4, 0.5) is 34.1 Å². The van der Waals surface area contributed by atoms with Crippen molar-refractivity contribution in [2.24, 2.45) is 0 Å². The van der Waals surface area contributed by atoms with Crippen LogP contribution in [0.3, 0.4) is 0 Å². The van der Waals surface area contributed by atoms with Gasteiger partial charge in [0.2, 0.25) is 0 Å². The first kappa shape index (κ1) is 42.3. The Hall–Kier alpha value is -8.60. The zero-order chi connectivity index (χ0) is 48.5. The van der Waals surface area contributed by atoms with Crippen LogP contribution in [0.25, 0.3) is 97.7 Å². The van der Waals surface area contributed by atoms with E-state index in [4.69, 9.17) is 8.83 Å². The molecule has 14 rings (SSSR count). The summed E-state index contributed by atoms with van der Waals surface area (Å²) in [6, 6.07) is 71.5. The van der Waals surface area contributed by atoms with Crippen LogP contribution < -0.4 is 9.80 Å². The SMILES string of the molecule is Cc1ccc(N(c2cc(C(C)C)c3ccc4c(N(c5ccc(C)c6ccccc56)c5cccc6c5oc5ccccc56)cc(C(C)C)c5ccc2c3c54)c2cccc3c2oc2ccccc23)c2ccccc12. The third kappa shape index (κ3) is 6.11. The molecule has 0 N–H and O–H groups in total. The molecule has 0 saturated carbocycles. The molecule has 0 radical (unpaired) electrons. The van der Waals surface area contributed by atoms with E-state index in [-0.39, 0.29) is 11.8 Å². The van der Waals surface area contributed by atoms with Crippen LogP contribution in [0.1, 0.15) is 61.8 Å². The number of benzene rings is 12. The fourth-order valence-corrected chi connectivity index (χ4v) is 12.2. The summed E-state index contributed by atoms with van der Waals surface area (Å²) in [4.78, 5) is 5.00. The van der Waals surface area contributed by atoms with Crippen molar-refractivity contribution < 1.29 is 8.83 Å². The Bertz CT molecular complexity index is 4220. The lowest BCUT2D eigenvalue weighted by Gasteiger charge is -2.32. The standard InChI is InChI=1S/C68H52N2O2/c1-39(2)55-37-61(69(57-35-29-41(5)43-17-7-9-19-45(43)57)59-25-15-23-51-47-21-11-13-27-63(47)71-67(51)59)53-34-32-50-56(40(3)4)38-62(54-33-31-49(55)65(53)66(50)54)70(58-36-30-42(6)44-18-8-10-20-46(44)58)60-26-16-24-52-48-22-12-14-28-64(48)72-68(52)60/h7-40H,1-6H3. The Labute approximate surface area is 418 Å². The van der Waals surface area contributed by atoms with Gasteiger partial charge in [0.15, 0.2) is 11.2 Å². The van der Waals surface area contributed by atoms with E-state index in [2.05, 4.69) is 245 Å². The van der Waals surface area contributed by atoms with Crippen molar-refractivity contribution in [2.75, 3.05) is 9.80 Å². The molecule has 0 aliphatic carbocycles. The van der Waals surface area contributed by atoms with E-state index in [1.807, 2.05) is 0 Å². The van der Waals surface area contributed by atoms with Gasteiger partial charge >= 0.3 is 0 Å². The number of rotatable bonds is 8. The molecule has 0 unspecified atom stereocenters. The molecule has 0 aliphatic heterocycles. The summed E-state index contributed by atoms with van der Waals surface area (Å²) >= 11 is 0. The van der Waals surface area contributed by atoms with Gasteiger partial charge in [-0.25, -0.2) is 0 Å². The lowest BCUT2D eigenvalue weighted by molar-refractivity contribution is 0.669. The molecule has 0 saturated heterocycles. The van der Waals surface area contributed by atoms with E-state index in [9.17, 15) is 0 Å². The van der Waals surface area contributed by atoms with Crippen LogP contribution in [-0.4, -0.2) is 0 Å². The van der Waals surface area contributed by atoms with Gasteiger partial charge in [-0.05, 0) is 129 Å². The van der Waals surface area contributed by atoms with Crippen LogP contribution in [-0.2, 0) is 0 Å². The van der Waals surface area contributed by atoms with Crippen LogP contribution in [0.5, 0.6) is 0 Å². The van der Waals surface area contributed by atoms with Gasteiger partial charge in [-0.1, -0.05) is 173 Å². The summed E-state index contributed by atoms with van der Waals surface area (Å²) in [7, 11) is 0. The van der Waals surface area contributed by atoms with E-state index in [1.54, 1.807) is 0 Å². The summed E-state index contributed by atoms with van der Waals surface area (Å²) in [5, 5.41) is 16.7. The van der Waals surface area contributed by atoms with E-state index in [0.717, 1.165) is 78.0 Å². The van der Waals surface area contributed by atoms with Crippen LogP contribution in [0.15, 0.2) is 203 Å². The monoisotopic (exact) mass is 928 g/mol. The minimum Gasteiger partial charge on any atom is -0.454 e. The van der Waals surface area contributed by atoms with E-state index < -0.39 is 0 Å². The fraction of sp³-hybridized carbons (Fsp3) is 0.118. The van der Waals surface area contributed by atoms with Gasteiger partial charge in [0.25, 0.3) is 0 Å². The lowest BCUT2D eigenvalue weighted by Crippen LogP contribution is -2.14. The molecule has 4 heteroatoms. The minimum absolute atomic E-state index is 0.220. The second-order valence-electron chi connectivity index (χ2n) is 20.4. The van der Waals surface area contributed by atoms with Gasteiger partial charge in [-0.3, -0.25) is 0 Å². The zero-order valence-corrected chi connectivity index (χ0v) is 41.3. The molecule has 2 aromatic heterocycles. The Morgan fingerprint density at radius 3 is 1.07 bits per heavy atom. The van der Waals surface area contributed by atoms with Crippen molar-refractivity contribution in [2.45, 2.75) is 53.4 Å². The van der Waals surface area contributed by atoms with E-state index in [1.165, 1.54) is 76.1 Å². The summed E-state index contributed by atoms with van der Waals surface area (Å²) in [5.41, 5.74) is 15.0. The molecule has 0 amide bonds. The van der Waals surface area contributed by atoms with Crippen molar-refractivity contribution in [1.29, 1.82) is 0 Å². The van der Waals surface area contributed by atoms with Gasteiger partial charge < -0.3 is 18.6 Å². The van der Waals surface area contributed by atoms with Gasteiger partial charge in [-0.15, -0.1) is 0 Å².